The lowest BCUT2D eigenvalue weighted by Gasteiger charge is -2.22. The summed E-state index contributed by atoms with van der Waals surface area (Å²) in [6.45, 7) is 5.75. The van der Waals surface area contributed by atoms with E-state index < -0.39 is 16.8 Å². The summed E-state index contributed by atoms with van der Waals surface area (Å²) in [6.07, 6.45) is 0. The number of fused-ring (bicyclic) bond motifs is 4. The molecule has 0 unspecified atom stereocenters. The van der Waals surface area contributed by atoms with Crippen molar-refractivity contribution in [2.75, 3.05) is 0 Å². The van der Waals surface area contributed by atoms with E-state index in [9.17, 15) is 20.1 Å². The van der Waals surface area contributed by atoms with E-state index in [4.69, 9.17) is 9.15 Å². The number of benzene rings is 2. The van der Waals surface area contributed by atoms with Crippen molar-refractivity contribution < 1.29 is 24.5 Å². The molecule has 0 spiro atoms. The molecule has 1 aromatic heterocycles. The Morgan fingerprint density at radius 2 is 1.79 bits per heavy atom. The highest BCUT2D eigenvalue weighted by Gasteiger charge is 2.41. The second kappa shape index (κ2) is 4.35. The molecule has 1 aliphatic heterocycles. The predicted molar refractivity (Wildman–Crippen MR) is 88.1 cm³/mol. The molecular weight excluding hydrogens is 312 g/mol. The Hall–Kier alpha value is -2.89. The molecule has 4 rings (SSSR count). The lowest BCUT2D eigenvalue weighted by molar-refractivity contribution is 0.115. The molecule has 6 nitrogen and oxygen atoms in total. The smallest absolute Gasteiger partial charge is 0.204 e. The summed E-state index contributed by atoms with van der Waals surface area (Å²) >= 11 is 0. The third kappa shape index (κ3) is 1.68. The van der Waals surface area contributed by atoms with Crippen molar-refractivity contribution in [1.29, 1.82) is 0 Å². The van der Waals surface area contributed by atoms with Gasteiger partial charge in [0, 0.05) is 17.5 Å². The Bertz CT molecular complexity index is 1080. The van der Waals surface area contributed by atoms with Gasteiger partial charge in [0.1, 0.15) is 28.1 Å². The van der Waals surface area contributed by atoms with Crippen LogP contribution in [0.1, 0.15) is 32.3 Å². The Labute approximate surface area is 136 Å². The van der Waals surface area contributed by atoms with Gasteiger partial charge in [0.15, 0.2) is 11.3 Å². The van der Waals surface area contributed by atoms with Crippen molar-refractivity contribution in [1.82, 2.24) is 0 Å². The minimum Gasteiger partial charge on any atom is -0.507 e. The van der Waals surface area contributed by atoms with Gasteiger partial charge in [-0.1, -0.05) is 6.92 Å². The van der Waals surface area contributed by atoms with Gasteiger partial charge in [0.25, 0.3) is 0 Å². The molecule has 3 aromatic rings. The predicted octanol–water partition coefficient (Wildman–Crippen LogP) is 3.34. The van der Waals surface area contributed by atoms with Crippen molar-refractivity contribution in [2.45, 2.75) is 32.3 Å². The molecule has 3 N–H and O–H groups in total. The van der Waals surface area contributed by atoms with Gasteiger partial charge in [0.2, 0.25) is 11.2 Å². The van der Waals surface area contributed by atoms with Crippen LogP contribution >= 0.6 is 0 Å². The van der Waals surface area contributed by atoms with Crippen LogP contribution in [0.15, 0.2) is 27.4 Å². The summed E-state index contributed by atoms with van der Waals surface area (Å²) in [6, 6.07) is 3.98. The first-order chi connectivity index (χ1) is 11.2. The summed E-state index contributed by atoms with van der Waals surface area (Å²) < 4.78 is 11.6. The molecule has 0 radical (unpaired) electrons. The molecule has 0 bridgehead atoms. The van der Waals surface area contributed by atoms with Crippen LogP contribution < -0.4 is 10.2 Å². The zero-order valence-electron chi connectivity index (χ0n) is 13.4. The lowest BCUT2D eigenvalue weighted by atomic mass is 9.87. The normalized spacial score (nSPS) is 18.7. The number of hydrogen-bond acceptors (Lipinski definition) is 6. The average molecular weight is 328 g/mol. The molecule has 0 saturated carbocycles. The van der Waals surface area contributed by atoms with Crippen LogP contribution in [0.2, 0.25) is 0 Å². The van der Waals surface area contributed by atoms with Gasteiger partial charge in [-0.15, -0.1) is 0 Å². The van der Waals surface area contributed by atoms with Gasteiger partial charge < -0.3 is 24.5 Å². The molecule has 0 amide bonds. The maximum atomic E-state index is 12.8. The van der Waals surface area contributed by atoms with Crippen LogP contribution in [0.25, 0.3) is 21.9 Å². The first-order valence-corrected chi connectivity index (χ1v) is 7.58. The van der Waals surface area contributed by atoms with Crippen LogP contribution in [-0.2, 0) is 0 Å². The van der Waals surface area contributed by atoms with Crippen LogP contribution in [0.4, 0.5) is 0 Å². The van der Waals surface area contributed by atoms with Crippen molar-refractivity contribution in [3.05, 3.63) is 34.0 Å². The largest absolute Gasteiger partial charge is 0.507 e. The second-order valence-electron chi connectivity index (χ2n) is 6.68. The third-order valence-corrected chi connectivity index (χ3v) is 4.90. The SMILES string of the molecule is C[C@H]1c2c(cc(O)c3c(=O)c4ccc(O)c(O)c4oc23)OC1(C)C. The Balaban J connectivity index is 2.25. The van der Waals surface area contributed by atoms with Crippen molar-refractivity contribution >= 4 is 21.9 Å². The molecule has 1 aliphatic rings. The highest BCUT2D eigenvalue weighted by molar-refractivity contribution is 5.98. The first kappa shape index (κ1) is 14.7. The minimum atomic E-state index is -0.530. The second-order valence-corrected chi connectivity index (χ2v) is 6.68. The fourth-order valence-electron chi connectivity index (χ4n) is 3.26. The van der Waals surface area contributed by atoms with E-state index in [0.29, 0.717) is 11.3 Å². The number of phenols is 3. The number of phenolic OH excluding ortho intramolecular Hbond substituents is 3. The fourth-order valence-corrected chi connectivity index (χ4v) is 3.26. The van der Waals surface area contributed by atoms with E-state index in [1.54, 1.807) is 0 Å². The zero-order valence-corrected chi connectivity index (χ0v) is 13.4. The molecule has 0 fully saturated rings. The highest BCUT2D eigenvalue weighted by Crippen LogP contribution is 2.50. The van der Waals surface area contributed by atoms with Gasteiger partial charge in [-0.2, -0.15) is 0 Å². The molecule has 2 aromatic carbocycles. The molecule has 0 aliphatic carbocycles. The van der Waals surface area contributed by atoms with Crippen LogP contribution in [0.3, 0.4) is 0 Å². The maximum Gasteiger partial charge on any atom is 0.204 e. The fraction of sp³-hybridized carbons (Fsp3) is 0.278. The first-order valence-electron chi connectivity index (χ1n) is 7.58. The summed E-state index contributed by atoms with van der Waals surface area (Å²) in [5, 5.41) is 30.2. The van der Waals surface area contributed by atoms with Crippen molar-refractivity contribution in [2.24, 2.45) is 0 Å². The van der Waals surface area contributed by atoms with E-state index in [1.165, 1.54) is 18.2 Å². The lowest BCUT2D eigenvalue weighted by Crippen LogP contribution is -2.28. The Morgan fingerprint density at radius 1 is 1.08 bits per heavy atom. The topological polar surface area (TPSA) is 100 Å². The molecular formula is C18H16O6. The van der Waals surface area contributed by atoms with Crippen LogP contribution in [0, 0.1) is 0 Å². The molecule has 6 heteroatoms. The molecule has 0 saturated heterocycles. The average Bonchev–Trinajstić information content (AvgIpc) is 2.73. The number of aromatic hydroxyl groups is 3. The number of ether oxygens (including phenoxy) is 1. The van der Waals surface area contributed by atoms with Crippen molar-refractivity contribution in [3.63, 3.8) is 0 Å². The summed E-state index contributed by atoms with van der Waals surface area (Å²) in [4.78, 5) is 12.8. The summed E-state index contributed by atoms with van der Waals surface area (Å²) in [5.41, 5.74) is -0.288. The van der Waals surface area contributed by atoms with Gasteiger partial charge in [-0.3, -0.25) is 4.79 Å². The molecule has 1 atom stereocenters. The van der Waals surface area contributed by atoms with E-state index in [2.05, 4.69) is 0 Å². The molecule has 24 heavy (non-hydrogen) atoms. The van der Waals surface area contributed by atoms with E-state index in [0.717, 1.165) is 0 Å². The van der Waals surface area contributed by atoms with Crippen molar-refractivity contribution in [3.8, 4) is 23.0 Å². The summed E-state index contributed by atoms with van der Waals surface area (Å²) in [7, 11) is 0. The minimum absolute atomic E-state index is 0.0412. The van der Waals surface area contributed by atoms with Gasteiger partial charge in [0.05, 0.1) is 5.39 Å². The summed E-state index contributed by atoms with van der Waals surface area (Å²) in [5.74, 6) is -0.784. The van der Waals surface area contributed by atoms with Gasteiger partial charge in [-0.05, 0) is 26.0 Å². The standard InChI is InChI=1S/C18H16O6/c1-7-12-11(24-18(7,2)3)6-10(20)13-14(21)8-4-5-9(19)15(22)16(8)23-17(12)13/h4-7,19-20,22H,1-3H3/t7-/m0/s1. The zero-order chi connectivity index (χ0) is 17.4. The van der Waals surface area contributed by atoms with E-state index in [-0.39, 0.29) is 39.4 Å². The van der Waals surface area contributed by atoms with Crippen LogP contribution in [-0.4, -0.2) is 20.9 Å². The molecule has 2 heterocycles. The number of hydrogen-bond donors (Lipinski definition) is 3. The highest BCUT2D eigenvalue weighted by atomic mass is 16.5. The van der Waals surface area contributed by atoms with Gasteiger partial charge >= 0.3 is 0 Å². The Morgan fingerprint density at radius 3 is 2.50 bits per heavy atom. The quantitative estimate of drug-likeness (QED) is 0.432. The van der Waals surface area contributed by atoms with Crippen LogP contribution in [0.5, 0.6) is 23.0 Å². The third-order valence-electron chi connectivity index (χ3n) is 4.90. The number of rotatable bonds is 0. The van der Waals surface area contributed by atoms with E-state index >= 15 is 0 Å². The molecule has 124 valence electrons. The maximum absolute atomic E-state index is 12.8. The Kier molecular flexibility index (Phi) is 2.66. The van der Waals surface area contributed by atoms with E-state index in [1.807, 2.05) is 20.8 Å². The monoisotopic (exact) mass is 328 g/mol. The van der Waals surface area contributed by atoms with Gasteiger partial charge in [-0.25, -0.2) is 0 Å².